The Morgan fingerprint density at radius 1 is 1.00 bits per heavy atom. The molecule has 1 aliphatic rings. The molecule has 6 heteroatoms. The molecule has 1 fully saturated rings. The average molecular weight is 372 g/mol. The molecule has 2 aromatic carbocycles. The van der Waals surface area contributed by atoms with Crippen LogP contribution in [0.4, 0.5) is 0 Å². The third kappa shape index (κ3) is 4.51. The van der Waals surface area contributed by atoms with Crippen molar-refractivity contribution in [2.24, 2.45) is 0 Å². The first-order valence-corrected chi connectivity index (χ1v) is 10.6. The number of benzene rings is 2. The first kappa shape index (κ1) is 18.6. The fraction of sp³-hybridized carbons (Fsp3) is 0.350. The maximum absolute atomic E-state index is 12.7. The Hall–Kier alpha value is -2.18. The molecule has 0 spiro atoms. The van der Waals surface area contributed by atoms with E-state index in [1.165, 1.54) is 0 Å². The van der Waals surface area contributed by atoms with Crippen LogP contribution in [0.15, 0.2) is 54.6 Å². The first-order valence-electron chi connectivity index (χ1n) is 8.93. The fourth-order valence-electron chi connectivity index (χ4n) is 3.16. The van der Waals surface area contributed by atoms with E-state index in [0.717, 1.165) is 11.1 Å². The number of piperidine rings is 1. The van der Waals surface area contributed by atoms with Crippen molar-refractivity contribution in [3.63, 3.8) is 0 Å². The van der Waals surface area contributed by atoms with Crippen LogP contribution >= 0.6 is 0 Å². The SMILES string of the molecule is CCS(=O)(=O)NC1CCN(C(=O)c2ccc(-c3ccccc3)cc2)CC1. The molecular formula is C20H24N2O3S. The molecule has 0 radical (unpaired) electrons. The fourth-order valence-corrected chi connectivity index (χ4v) is 4.07. The lowest BCUT2D eigenvalue weighted by Gasteiger charge is -2.32. The Bertz CT molecular complexity index is 840. The van der Waals surface area contributed by atoms with Gasteiger partial charge in [0, 0.05) is 24.7 Å². The minimum absolute atomic E-state index is 0.00131. The molecule has 1 saturated heterocycles. The second-order valence-electron chi connectivity index (χ2n) is 6.53. The number of nitrogens with one attached hydrogen (secondary N) is 1. The van der Waals surface area contributed by atoms with Crippen molar-refractivity contribution in [3.8, 4) is 11.1 Å². The summed E-state index contributed by atoms with van der Waals surface area (Å²) in [6, 6.07) is 17.6. The van der Waals surface area contributed by atoms with E-state index in [4.69, 9.17) is 0 Å². The maximum Gasteiger partial charge on any atom is 0.253 e. The molecule has 26 heavy (non-hydrogen) atoms. The van der Waals surface area contributed by atoms with Crippen molar-refractivity contribution in [1.29, 1.82) is 0 Å². The Balaban J connectivity index is 1.60. The molecule has 138 valence electrons. The summed E-state index contributed by atoms with van der Waals surface area (Å²) in [4.78, 5) is 14.5. The Kier molecular flexibility index (Phi) is 5.74. The van der Waals surface area contributed by atoms with E-state index < -0.39 is 10.0 Å². The summed E-state index contributed by atoms with van der Waals surface area (Å²) in [5, 5.41) is 0. The highest BCUT2D eigenvalue weighted by Gasteiger charge is 2.25. The number of sulfonamides is 1. The number of likely N-dealkylation sites (tertiary alicyclic amines) is 1. The molecular weight excluding hydrogens is 348 g/mol. The minimum atomic E-state index is -3.19. The molecule has 0 unspecified atom stereocenters. The zero-order chi connectivity index (χ0) is 18.6. The van der Waals surface area contributed by atoms with Crippen molar-refractivity contribution in [2.75, 3.05) is 18.8 Å². The third-order valence-electron chi connectivity index (χ3n) is 4.75. The summed E-state index contributed by atoms with van der Waals surface area (Å²) in [6.45, 7) is 2.76. The molecule has 0 bridgehead atoms. The van der Waals surface area contributed by atoms with Crippen LogP contribution in [0.2, 0.25) is 0 Å². The zero-order valence-electron chi connectivity index (χ0n) is 14.9. The Morgan fingerprint density at radius 2 is 1.58 bits per heavy atom. The number of hydrogen-bond acceptors (Lipinski definition) is 3. The molecule has 2 aromatic rings. The van der Waals surface area contributed by atoms with Gasteiger partial charge in [-0.3, -0.25) is 4.79 Å². The van der Waals surface area contributed by atoms with Gasteiger partial charge in [-0.05, 0) is 43.0 Å². The molecule has 0 aliphatic carbocycles. The molecule has 1 heterocycles. The van der Waals surface area contributed by atoms with Gasteiger partial charge in [0.25, 0.3) is 5.91 Å². The topological polar surface area (TPSA) is 66.5 Å². The van der Waals surface area contributed by atoms with E-state index in [2.05, 4.69) is 4.72 Å². The van der Waals surface area contributed by atoms with Crippen LogP contribution in [-0.2, 0) is 10.0 Å². The van der Waals surface area contributed by atoms with Crippen molar-refractivity contribution in [1.82, 2.24) is 9.62 Å². The monoisotopic (exact) mass is 372 g/mol. The van der Waals surface area contributed by atoms with Gasteiger partial charge in [0.1, 0.15) is 0 Å². The van der Waals surface area contributed by atoms with Gasteiger partial charge < -0.3 is 4.90 Å². The number of hydrogen-bond donors (Lipinski definition) is 1. The number of carbonyl (C=O) groups excluding carboxylic acids is 1. The lowest BCUT2D eigenvalue weighted by atomic mass is 10.0. The van der Waals surface area contributed by atoms with Gasteiger partial charge in [-0.25, -0.2) is 13.1 Å². The average Bonchev–Trinajstić information content (AvgIpc) is 2.68. The normalized spacial score (nSPS) is 15.8. The summed E-state index contributed by atoms with van der Waals surface area (Å²) >= 11 is 0. The van der Waals surface area contributed by atoms with E-state index in [9.17, 15) is 13.2 Å². The van der Waals surface area contributed by atoms with Gasteiger partial charge in [-0.15, -0.1) is 0 Å². The van der Waals surface area contributed by atoms with E-state index in [-0.39, 0.29) is 17.7 Å². The summed E-state index contributed by atoms with van der Waals surface area (Å²) in [6.07, 6.45) is 1.29. The summed E-state index contributed by atoms with van der Waals surface area (Å²) in [5.41, 5.74) is 2.86. The van der Waals surface area contributed by atoms with Crippen LogP contribution in [0.25, 0.3) is 11.1 Å². The van der Waals surface area contributed by atoms with Gasteiger partial charge in [0.15, 0.2) is 0 Å². The second kappa shape index (κ2) is 8.01. The van der Waals surface area contributed by atoms with E-state index >= 15 is 0 Å². The quantitative estimate of drug-likeness (QED) is 0.878. The van der Waals surface area contributed by atoms with Gasteiger partial charge in [-0.1, -0.05) is 42.5 Å². The maximum atomic E-state index is 12.7. The van der Waals surface area contributed by atoms with Crippen molar-refractivity contribution >= 4 is 15.9 Å². The molecule has 0 saturated carbocycles. The van der Waals surface area contributed by atoms with E-state index in [0.29, 0.717) is 31.5 Å². The second-order valence-corrected chi connectivity index (χ2v) is 8.57. The number of carbonyl (C=O) groups is 1. The molecule has 0 aromatic heterocycles. The van der Waals surface area contributed by atoms with E-state index in [1.54, 1.807) is 11.8 Å². The number of amides is 1. The molecule has 1 aliphatic heterocycles. The largest absolute Gasteiger partial charge is 0.339 e. The lowest BCUT2D eigenvalue weighted by Crippen LogP contribution is -2.46. The van der Waals surface area contributed by atoms with Gasteiger partial charge in [0.2, 0.25) is 10.0 Å². The van der Waals surface area contributed by atoms with Crippen LogP contribution in [0.5, 0.6) is 0 Å². The summed E-state index contributed by atoms with van der Waals surface area (Å²) in [7, 11) is -3.19. The molecule has 0 atom stereocenters. The highest BCUT2D eigenvalue weighted by molar-refractivity contribution is 7.89. The smallest absolute Gasteiger partial charge is 0.253 e. The predicted molar refractivity (Wildman–Crippen MR) is 103 cm³/mol. The van der Waals surface area contributed by atoms with Crippen LogP contribution in [-0.4, -0.2) is 44.1 Å². The van der Waals surface area contributed by atoms with Crippen molar-refractivity contribution in [3.05, 3.63) is 60.2 Å². The standard InChI is InChI=1S/C20H24N2O3S/c1-2-26(24,25)21-19-12-14-22(15-13-19)20(23)18-10-8-17(9-11-18)16-6-4-3-5-7-16/h3-11,19,21H,2,12-15H2,1H3. The minimum Gasteiger partial charge on any atom is -0.339 e. The van der Waals surface area contributed by atoms with Crippen LogP contribution in [0.3, 0.4) is 0 Å². The molecule has 1 amide bonds. The molecule has 3 rings (SSSR count). The van der Waals surface area contributed by atoms with E-state index in [1.807, 2.05) is 54.6 Å². The number of rotatable bonds is 5. The third-order valence-corrected chi connectivity index (χ3v) is 6.20. The Morgan fingerprint density at radius 3 is 2.15 bits per heavy atom. The predicted octanol–water partition coefficient (Wildman–Crippen LogP) is 2.90. The lowest BCUT2D eigenvalue weighted by molar-refractivity contribution is 0.0711. The van der Waals surface area contributed by atoms with Gasteiger partial charge in [-0.2, -0.15) is 0 Å². The zero-order valence-corrected chi connectivity index (χ0v) is 15.7. The van der Waals surface area contributed by atoms with Crippen molar-refractivity contribution in [2.45, 2.75) is 25.8 Å². The summed E-state index contributed by atoms with van der Waals surface area (Å²) < 4.78 is 26.0. The molecule has 5 nitrogen and oxygen atoms in total. The van der Waals surface area contributed by atoms with Gasteiger partial charge in [0.05, 0.1) is 5.75 Å². The highest BCUT2D eigenvalue weighted by Crippen LogP contribution is 2.21. The first-order chi connectivity index (χ1) is 12.5. The molecule has 1 N–H and O–H groups in total. The van der Waals surface area contributed by atoms with Crippen LogP contribution in [0.1, 0.15) is 30.1 Å². The summed E-state index contributed by atoms with van der Waals surface area (Å²) in [5.74, 6) is 0.0845. The Labute approximate surface area is 155 Å². The van der Waals surface area contributed by atoms with Crippen molar-refractivity contribution < 1.29 is 13.2 Å². The number of nitrogens with zero attached hydrogens (tertiary/aromatic N) is 1. The van der Waals surface area contributed by atoms with Crippen LogP contribution in [0, 0.1) is 0 Å². The van der Waals surface area contributed by atoms with Crippen LogP contribution < -0.4 is 4.72 Å². The highest BCUT2D eigenvalue weighted by atomic mass is 32.2. The van der Waals surface area contributed by atoms with Gasteiger partial charge >= 0.3 is 0 Å².